The second-order valence-corrected chi connectivity index (χ2v) is 3.80. The van der Waals surface area contributed by atoms with E-state index in [4.69, 9.17) is 16.3 Å². The lowest BCUT2D eigenvalue weighted by molar-refractivity contribution is -0.138. The molecule has 0 spiro atoms. The van der Waals surface area contributed by atoms with Crippen molar-refractivity contribution < 1.29 is 28.1 Å². The third kappa shape index (κ3) is 3.24. The smallest absolute Gasteiger partial charge is 0.417 e. The van der Waals surface area contributed by atoms with Gasteiger partial charge in [-0.25, -0.2) is 4.98 Å². The number of aliphatic hydroxyl groups excluding tert-OH is 2. The molecule has 1 rings (SSSR count). The fourth-order valence-corrected chi connectivity index (χ4v) is 1.47. The van der Waals surface area contributed by atoms with Crippen molar-refractivity contribution in [2.24, 2.45) is 0 Å². The first-order valence-corrected chi connectivity index (χ1v) is 5.38. The van der Waals surface area contributed by atoms with E-state index >= 15 is 0 Å². The molecular weight excluding hydrogens is 275 g/mol. The molecule has 0 radical (unpaired) electrons. The van der Waals surface area contributed by atoms with Crippen LogP contribution in [0.4, 0.5) is 13.2 Å². The SMILES string of the molecule is COc1ncc(C(F)(F)F)cc1C(O)C(O)CCl. The van der Waals surface area contributed by atoms with Gasteiger partial charge in [0.25, 0.3) is 0 Å². The fraction of sp³-hybridized carbons (Fsp3) is 0.500. The third-order valence-electron chi connectivity index (χ3n) is 2.24. The van der Waals surface area contributed by atoms with Crippen molar-refractivity contribution in [2.75, 3.05) is 13.0 Å². The highest BCUT2D eigenvalue weighted by Crippen LogP contribution is 2.34. The zero-order chi connectivity index (χ0) is 13.9. The molecule has 1 aromatic heterocycles. The van der Waals surface area contributed by atoms with Gasteiger partial charge in [0.15, 0.2) is 0 Å². The maximum Gasteiger partial charge on any atom is 0.417 e. The number of ether oxygens (including phenoxy) is 1. The normalized spacial score (nSPS) is 15.3. The summed E-state index contributed by atoms with van der Waals surface area (Å²) in [4.78, 5) is 3.44. The number of rotatable bonds is 4. The van der Waals surface area contributed by atoms with E-state index in [-0.39, 0.29) is 17.3 Å². The predicted octanol–water partition coefficient (Wildman–Crippen LogP) is 1.74. The molecule has 8 heteroatoms. The van der Waals surface area contributed by atoms with Gasteiger partial charge < -0.3 is 14.9 Å². The summed E-state index contributed by atoms with van der Waals surface area (Å²) < 4.78 is 42.2. The number of halogens is 4. The van der Waals surface area contributed by atoms with E-state index in [0.29, 0.717) is 12.3 Å². The van der Waals surface area contributed by atoms with E-state index in [1.54, 1.807) is 0 Å². The van der Waals surface area contributed by atoms with Crippen LogP contribution in [-0.4, -0.2) is 34.3 Å². The van der Waals surface area contributed by atoms with Crippen molar-refractivity contribution >= 4 is 11.6 Å². The van der Waals surface area contributed by atoms with Crippen molar-refractivity contribution in [3.63, 3.8) is 0 Å². The standard InChI is InChI=1S/C10H11ClF3NO3/c1-18-9-6(8(17)7(16)3-11)2-5(4-15-9)10(12,13)14/h2,4,7-8,16-17H,3H2,1H3. The second kappa shape index (κ2) is 5.73. The van der Waals surface area contributed by atoms with Gasteiger partial charge in [-0.3, -0.25) is 0 Å². The maximum atomic E-state index is 12.5. The van der Waals surface area contributed by atoms with Gasteiger partial charge in [0.1, 0.15) is 6.10 Å². The molecule has 0 aliphatic rings. The van der Waals surface area contributed by atoms with Crippen molar-refractivity contribution in [1.82, 2.24) is 4.98 Å². The zero-order valence-electron chi connectivity index (χ0n) is 9.28. The molecule has 0 aliphatic carbocycles. The lowest BCUT2D eigenvalue weighted by Crippen LogP contribution is -2.21. The first kappa shape index (κ1) is 15.0. The van der Waals surface area contributed by atoms with Crippen LogP contribution in [0.5, 0.6) is 5.88 Å². The van der Waals surface area contributed by atoms with Crippen molar-refractivity contribution in [2.45, 2.75) is 18.4 Å². The topological polar surface area (TPSA) is 62.6 Å². The molecule has 0 saturated heterocycles. The summed E-state index contributed by atoms with van der Waals surface area (Å²) >= 11 is 5.33. The molecule has 2 atom stereocenters. The minimum Gasteiger partial charge on any atom is -0.481 e. The van der Waals surface area contributed by atoms with Gasteiger partial charge in [-0.05, 0) is 6.07 Å². The second-order valence-electron chi connectivity index (χ2n) is 3.49. The van der Waals surface area contributed by atoms with Gasteiger partial charge in [0.2, 0.25) is 5.88 Å². The Labute approximate surface area is 106 Å². The summed E-state index contributed by atoms with van der Waals surface area (Å²) in [5, 5.41) is 19.0. The molecule has 18 heavy (non-hydrogen) atoms. The minimum atomic E-state index is -4.60. The summed E-state index contributed by atoms with van der Waals surface area (Å²) in [6.45, 7) is 0. The molecule has 4 nitrogen and oxygen atoms in total. The van der Waals surface area contributed by atoms with E-state index in [0.717, 1.165) is 0 Å². The number of methoxy groups -OCH3 is 1. The van der Waals surface area contributed by atoms with Crippen LogP contribution in [0, 0.1) is 0 Å². The number of alkyl halides is 4. The molecule has 0 fully saturated rings. The monoisotopic (exact) mass is 285 g/mol. The highest BCUT2D eigenvalue weighted by molar-refractivity contribution is 6.18. The lowest BCUT2D eigenvalue weighted by atomic mass is 10.0. The summed E-state index contributed by atoms with van der Waals surface area (Å²) in [5.74, 6) is -0.528. The largest absolute Gasteiger partial charge is 0.481 e. The van der Waals surface area contributed by atoms with Crippen LogP contribution >= 0.6 is 11.6 Å². The summed E-state index contributed by atoms with van der Waals surface area (Å²) in [7, 11) is 1.19. The first-order valence-electron chi connectivity index (χ1n) is 4.84. The van der Waals surface area contributed by atoms with Crippen LogP contribution < -0.4 is 4.74 Å². The average molecular weight is 286 g/mol. The van der Waals surface area contributed by atoms with E-state index in [2.05, 4.69) is 4.98 Å². The van der Waals surface area contributed by atoms with Crippen LogP contribution in [0.2, 0.25) is 0 Å². The Morgan fingerprint density at radius 2 is 2.06 bits per heavy atom. The van der Waals surface area contributed by atoms with Crippen LogP contribution in [0.1, 0.15) is 17.2 Å². The van der Waals surface area contributed by atoms with Gasteiger partial charge >= 0.3 is 6.18 Å². The molecule has 1 heterocycles. The van der Waals surface area contributed by atoms with Gasteiger partial charge in [-0.2, -0.15) is 13.2 Å². The number of aromatic nitrogens is 1. The predicted molar refractivity (Wildman–Crippen MR) is 57.5 cm³/mol. The quantitative estimate of drug-likeness (QED) is 0.827. The Bertz CT molecular complexity index is 414. The lowest BCUT2D eigenvalue weighted by Gasteiger charge is -2.19. The Balaban J connectivity index is 3.22. The number of hydrogen-bond donors (Lipinski definition) is 2. The molecule has 0 aliphatic heterocycles. The van der Waals surface area contributed by atoms with Gasteiger partial charge in [-0.1, -0.05) is 0 Å². The summed E-state index contributed by atoms with van der Waals surface area (Å²) in [6, 6.07) is 0.673. The molecule has 1 aromatic rings. The number of hydrogen-bond acceptors (Lipinski definition) is 4. The molecule has 0 bridgehead atoms. The molecule has 0 aromatic carbocycles. The minimum absolute atomic E-state index is 0.195. The maximum absolute atomic E-state index is 12.5. The van der Waals surface area contributed by atoms with Crippen LogP contribution in [0.25, 0.3) is 0 Å². The van der Waals surface area contributed by atoms with Gasteiger partial charge in [-0.15, -0.1) is 11.6 Å². The zero-order valence-corrected chi connectivity index (χ0v) is 10.0. The Kier molecular flexibility index (Phi) is 4.78. The van der Waals surface area contributed by atoms with Crippen LogP contribution in [0.3, 0.4) is 0 Å². The van der Waals surface area contributed by atoms with E-state index in [1.165, 1.54) is 7.11 Å². The summed E-state index contributed by atoms with van der Waals surface area (Å²) in [6.07, 6.45) is -7.03. The number of nitrogens with zero attached hydrogens (tertiary/aromatic N) is 1. The fourth-order valence-electron chi connectivity index (χ4n) is 1.30. The van der Waals surface area contributed by atoms with E-state index in [1.807, 2.05) is 0 Å². The highest BCUT2D eigenvalue weighted by Gasteiger charge is 2.33. The Morgan fingerprint density at radius 1 is 1.44 bits per heavy atom. The molecule has 0 saturated carbocycles. The van der Waals surface area contributed by atoms with Crippen LogP contribution in [-0.2, 0) is 6.18 Å². The first-order chi connectivity index (χ1) is 8.31. The van der Waals surface area contributed by atoms with Crippen molar-refractivity contribution in [3.8, 4) is 5.88 Å². The average Bonchev–Trinajstić information content (AvgIpc) is 2.35. The van der Waals surface area contributed by atoms with E-state index < -0.39 is 23.9 Å². The van der Waals surface area contributed by atoms with Crippen molar-refractivity contribution in [3.05, 3.63) is 23.4 Å². The number of aliphatic hydroxyl groups is 2. The van der Waals surface area contributed by atoms with Gasteiger partial charge in [0.05, 0.1) is 24.7 Å². The van der Waals surface area contributed by atoms with Crippen LogP contribution in [0.15, 0.2) is 12.3 Å². The molecule has 2 unspecified atom stereocenters. The Morgan fingerprint density at radius 3 is 2.50 bits per heavy atom. The highest BCUT2D eigenvalue weighted by atomic mass is 35.5. The molecule has 2 N–H and O–H groups in total. The molecular formula is C10H11ClF3NO3. The summed E-state index contributed by atoms with van der Waals surface area (Å²) in [5.41, 5.74) is -1.31. The Hall–Kier alpha value is -1.05. The van der Waals surface area contributed by atoms with E-state index in [9.17, 15) is 23.4 Å². The van der Waals surface area contributed by atoms with Gasteiger partial charge in [0, 0.05) is 11.8 Å². The molecule has 0 amide bonds. The number of pyridine rings is 1. The van der Waals surface area contributed by atoms with Crippen molar-refractivity contribution in [1.29, 1.82) is 0 Å². The third-order valence-corrected chi connectivity index (χ3v) is 2.56. The molecule has 102 valence electrons.